The van der Waals surface area contributed by atoms with E-state index < -0.39 is 11.7 Å². The Bertz CT molecular complexity index is 839. The van der Waals surface area contributed by atoms with Crippen molar-refractivity contribution < 1.29 is 13.2 Å². The molecule has 0 N–H and O–H groups in total. The first-order chi connectivity index (χ1) is 11.4. The van der Waals surface area contributed by atoms with Crippen LogP contribution in [0.2, 0.25) is 5.02 Å². The predicted octanol–water partition coefficient (Wildman–Crippen LogP) is 6.48. The van der Waals surface area contributed by atoms with Crippen molar-refractivity contribution in [3.8, 4) is 11.3 Å². The summed E-state index contributed by atoms with van der Waals surface area (Å²) >= 11 is 7.65. The molecule has 124 valence electrons. The number of alkyl halides is 3. The summed E-state index contributed by atoms with van der Waals surface area (Å²) in [7, 11) is 0. The van der Waals surface area contributed by atoms with Gasteiger partial charge in [-0.25, -0.2) is 0 Å². The molecule has 0 saturated heterocycles. The SMILES string of the molecule is FC(F)(F)c1cn(Cc2ccc(Cl)cc2)c(-c2ccccc2)c1I. The zero-order valence-electron chi connectivity index (χ0n) is 12.3. The number of aromatic nitrogens is 1. The highest BCUT2D eigenvalue weighted by molar-refractivity contribution is 14.1. The third kappa shape index (κ3) is 3.62. The van der Waals surface area contributed by atoms with Crippen LogP contribution in [0.4, 0.5) is 13.2 Å². The van der Waals surface area contributed by atoms with Gasteiger partial charge in [0, 0.05) is 17.8 Å². The van der Waals surface area contributed by atoms with Crippen LogP contribution in [0.3, 0.4) is 0 Å². The average Bonchev–Trinajstić information content (AvgIpc) is 2.87. The van der Waals surface area contributed by atoms with Crippen molar-refractivity contribution in [1.29, 1.82) is 0 Å². The molecule has 0 saturated carbocycles. The molecular formula is C18H12ClF3IN. The second-order valence-electron chi connectivity index (χ2n) is 5.32. The van der Waals surface area contributed by atoms with E-state index in [1.165, 1.54) is 6.20 Å². The first kappa shape index (κ1) is 17.4. The van der Waals surface area contributed by atoms with Crippen LogP contribution >= 0.6 is 34.2 Å². The molecule has 0 atom stereocenters. The third-order valence-corrected chi connectivity index (χ3v) is 4.98. The van der Waals surface area contributed by atoms with Crippen molar-refractivity contribution in [2.45, 2.75) is 12.7 Å². The molecular weight excluding hydrogens is 450 g/mol. The van der Waals surface area contributed by atoms with Gasteiger partial charge >= 0.3 is 6.18 Å². The molecule has 1 nitrogen and oxygen atoms in total. The fourth-order valence-corrected chi connectivity index (χ4v) is 3.72. The van der Waals surface area contributed by atoms with Gasteiger partial charge in [0.25, 0.3) is 0 Å². The lowest BCUT2D eigenvalue weighted by Gasteiger charge is -2.10. The highest BCUT2D eigenvalue weighted by Gasteiger charge is 2.36. The molecule has 0 unspecified atom stereocenters. The predicted molar refractivity (Wildman–Crippen MR) is 98.1 cm³/mol. The molecule has 0 radical (unpaired) electrons. The normalized spacial score (nSPS) is 11.7. The zero-order valence-corrected chi connectivity index (χ0v) is 15.2. The number of halogens is 5. The average molecular weight is 462 g/mol. The molecule has 0 aliphatic carbocycles. The molecule has 6 heteroatoms. The number of hydrogen-bond acceptors (Lipinski definition) is 0. The molecule has 1 aromatic heterocycles. The molecule has 2 aromatic carbocycles. The van der Waals surface area contributed by atoms with Crippen molar-refractivity contribution in [1.82, 2.24) is 4.57 Å². The summed E-state index contributed by atoms with van der Waals surface area (Å²) in [5.74, 6) is 0. The second kappa shape index (κ2) is 6.80. The number of nitrogens with zero attached hydrogens (tertiary/aromatic N) is 1. The van der Waals surface area contributed by atoms with Gasteiger partial charge in [-0.2, -0.15) is 13.2 Å². The molecule has 0 bridgehead atoms. The van der Waals surface area contributed by atoms with Crippen LogP contribution in [0.25, 0.3) is 11.3 Å². The minimum atomic E-state index is -4.38. The smallest absolute Gasteiger partial charge is 0.342 e. The lowest BCUT2D eigenvalue weighted by Crippen LogP contribution is -2.05. The summed E-state index contributed by atoms with van der Waals surface area (Å²) in [6, 6.07) is 16.2. The molecule has 0 aliphatic rings. The third-order valence-electron chi connectivity index (χ3n) is 3.64. The van der Waals surface area contributed by atoms with E-state index in [0.29, 0.717) is 17.3 Å². The summed E-state index contributed by atoms with van der Waals surface area (Å²) in [5, 5.41) is 0.597. The number of benzene rings is 2. The van der Waals surface area contributed by atoms with Crippen LogP contribution in [0.1, 0.15) is 11.1 Å². The van der Waals surface area contributed by atoms with Crippen LogP contribution in [0, 0.1) is 3.57 Å². The van der Waals surface area contributed by atoms with Gasteiger partial charge in [-0.15, -0.1) is 0 Å². The molecule has 24 heavy (non-hydrogen) atoms. The Morgan fingerprint density at radius 3 is 2.17 bits per heavy atom. The van der Waals surface area contributed by atoms with Gasteiger partial charge in [-0.1, -0.05) is 54.1 Å². The maximum Gasteiger partial charge on any atom is 0.418 e. The van der Waals surface area contributed by atoms with Gasteiger partial charge in [0.2, 0.25) is 0 Å². The largest absolute Gasteiger partial charge is 0.418 e. The molecule has 0 amide bonds. The Labute approximate surface area is 156 Å². The van der Waals surface area contributed by atoms with Gasteiger partial charge in [0.05, 0.1) is 14.8 Å². The van der Waals surface area contributed by atoms with Crippen LogP contribution in [0.15, 0.2) is 60.8 Å². The van der Waals surface area contributed by atoms with E-state index in [-0.39, 0.29) is 3.57 Å². The van der Waals surface area contributed by atoms with E-state index in [2.05, 4.69) is 0 Å². The van der Waals surface area contributed by atoms with Crippen LogP contribution in [-0.4, -0.2) is 4.57 Å². The molecule has 0 spiro atoms. The fourth-order valence-electron chi connectivity index (χ4n) is 2.53. The number of hydrogen-bond donors (Lipinski definition) is 0. The molecule has 0 aliphatic heterocycles. The quantitative estimate of drug-likeness (QED) is 0.394. The Morgan fingerprint density at radius 2 is 1.58 bits per heavy atom. The van der Waals surface area contributed by atoms with Crippen LogP contribution in [-0.2, 0) is 12.7 Å². The van der Waals surface area contributed by atoms with Crippen LogP contribution in [0.5, 0.6) is 0 Å². The Kier molecular flexibility index (Phi) is 4.92. The van der Waals surface area contributed by atoms with Gasteiger partial charge in [-0.05, 0) is 45.9 Å². The van der Waals surface area contributed by atoms with Gasteiger partial charge < -0.3 is 4.57 Å². The summed E-state index contributed by atoms with van der Waals surface area (Å²) < 4.78 is 41.8. The molecule has 3 aromatic rings. The van der Waals surface area contributed by atoms with Crippen molar-refractivity contribution >= 4 is 34.2 Å². The summed E-state index contributed by atoms with van der Waals surface area (Å²) in [6.07, 6.45) is -3.20. The van der Waals surface area contributed by atoms with E-state index in [1.54, 1.807) is 39.3 Å². The Balaban J connectivity index is 2.11. The first-order valence-corrected chi connectivity index (χ1v) is 8.57. The maximum absolute atomic E-state index is 13.3. The highest BCUT2D eigenvalue weighted by Crippen LogP contribution is 2.39. The first-order valence-electron chi connectivity index (χ1n) is 7.12. The van der Waals surface area contributed by atoms with E-state index in [1.807, 2.05) is 42.5 Å². The fraction of sp³-hybridized carbons (Fsp3) is 0.111. The standard InChI is InChI=1S/C18H12ClF3IN/c19-14-8-6-12(7-9-14)10-24-11-15(18(20,21)22)16(23)17(24)13-4-2-1-3-5-13/h1-9,11H,10H2. The number of rotatable bonds is 3. The molecule has 1 heterocycles. The topological polar surface area (TPSA) is 4.93 Å². The zero-order chi connectivity index (χ0) is 17.3. The molecule has 3 rings (SSSR count). The van der Waals surface area contributed by atoms with Gasteiger partial charge in [-0.3, -0.25) is 0 Å². The minimum absolute atomic E-state index is 0.209. The van der Waals surface area contributed by atoms with E-state index >= 15 is 0 Å². The monoisotopic (exact) mass is 461 g/mol. The second-order valence-corrected chi connectivity index (χ2v) is 6.84. The van der Waals surface area contributed by atoms with Crippen molar-refractivity contribution in [2.75, 3.05) is 0 Å². The minimum Gasteiger partial charge on any atom is -0.342 e. The summed E-state index contributed by atoms with van der Waals surface area (Å²) in [5.41, 5.74) is 1.59. The highest BCUT2D eigenvalue weighted by atomic mass is 127. The van der Waals surface area contributed by atoms with E-state index in [4.69, 9.17) is 11.6 Å². The van der Waals surface area contributed by atoms with Gasteiger partial charge in [0.1, 0.15) is 0 Å². The summed E-state index contributed by atoms with van der Waals surface area (Å²) in [4.78, 5) is 0. The van der Waals surface area contributed by atoms with Crippen molar-refractivity contribution in [3.05, 3.63) is 80.5 Å². The van der Waals surface area contributed by atoms with Crippen LogP contribution < -0.4 is 0 Å². The van der Waals surface area contributed by atoms with E-state index in [0.717, 1.165) is 11.1 Å². The van der Waals surface area contributed by atoms with Gasteiger partial charge in [0.15, 0.2) is 0 Å². The lowest BCUT2D eigenvalue weighted by atomic mass is 10.1. The summed E-state index contributed by atoms with van der Waals surface area (Å²) in [6.45, 7) is 0.341. The maximum atomic E-state index is 13.3. The lowest BCUT2D eigenvalue weighted by molar-refractivity contribution is -0.138. The Hall–Kier alpha value is -1.47. The molecule has 0 fully saturated rings. The van der Waals surface area contributed by atoms with Crippen molar-refractivity contribution in [2.24, 2.45) is 0 Å². The van der Waals surface area contributed by atoms with Crippen molar-refractivity contribution in [3.63, 3.8) is 0 Å². The van der Waals surface area contributed by atoms with E-state index in [9.17, 15) is 13.2 Å². The Morgan fingerprint density at radius 1 is 0.958 bits per heavy atom.